The van der Waals surface area contributed by atoms with Crippen LogP contribution in [0.4, 0.5) is 23.0 Å². The Morgan fingerprint density at radius 3 is 2.39 bits per heavy atom. The highest BCUT2D eigenvalue weighted by molar-refractivity contribution is 5.99. The van der Waals surface area contributed by atoms with E-state index in [9.17, 15) is 14.4 Å². The molecule has 1 aromatic heterocycles. The third-order valence-electron chi connectivity index (χ3n) is 5.28. The number of carbonyl (C=O) groups excluding carboxylic acids is 3. The SMILES string of the molecule is C=CC(=O)NC1CCN(c2ccc(C(N)=O)c(Nc3ccc(NC(=O)C(C)(C)C)cc3)n2)C1. The first-order valence-electron chi connectivity index (χ1n) is 10.7. The molecule has 1 aliphatic rings. The summed E-state index contributed by atoms with van der Waals surface area (Å²) >= 11 is 0. The maximum atomic E-state index is 12.2. The molecule has 0 bridgehead atoms. The number of amides is 3. The Kier molecular flexibility index (Phi) is 7.01. The largest absolute Gasteiger partial charge is 0.365 e. The summed E-state index contributed by atoms with van der Waals surface area (Å²) in [4.78, 5) is 42.3. The molecule has 0 saturated carbocycles. The summed E-state index contributed by atoms with van der Waals surface area (Å²) in [6.07, 6.45) is 2.04. The number of benzene rings is 1. The van der Waals surface area contributed by atoms with Crippen LogP contribution < -0.4 is 26.6 Å². The lowest BCUT2D eigenvalue weighted by molar-refractivity contribution is -0.123. The number of hydrogen-bond acceptors (Lipinski definition) is 6. The Bertz CT molecular complexity index is 1060. The van der Waals surface area contributed by atoms with E-state index in [2.05, 4.69) is 27.5 Å². The van der Waals surface area contributed by atoms with Gasteiger partial charge in [-0.3, -0.25) is 14.4 Å². The smallest absolute Gasteiger partial charge is 0.252 e. The average Bonchev–Trinajstić information content (AvgIpc) is 3.22. The van der Waals surface area contributed by atoms with E-state index in [-0.39, 0.29) is 23.4 Å². The predicted octanol–water partition coefficient (Wildman–Crippen LogP) is 2.79. The van der Waals surface area contributed by atoms with Crippen LogP contribution in [-0.4, -0.2) is 41.8 Å². The standard InChI is InChI=1S/C24H30N6O3/c1-5-20(31)26-17-12-13-30(14-17)19-11-10-18(21(25)32)22(29-19)27-15-6-8-16(9-7-15)28-23(33)24(2,3)4/h5-11,17H,1,12-14H2,2-4H3,(H2,25,32)(H,26,31)(H,27,29)(H,28,33). The highest BCUT2D eigenvalue weighted by Gasteiger charge is 2.25. The molecule has 2 heterocycles. The summed E-state index contributed by atoms with van der Waals surface area (Å²) in [6.45, 7) is 10.3. The van der Waals surface area contributed by atoms with Crippen LogP contribution in [0, 0.1) is 5.41 Å². The minimum Gasteiger partial charge on any atom is -0.365 e. The molecule has 1 aliphatic heterocycles. The van der Waals surface area contributed by atoms with Crippen molar-refractivity contribution in [2.75, 3.05) is 28.6 Å². The van der Waals surface area contributed by atoms with E-state index in [1.165, 1.54) is 6.08 Å². The quantitative estimate of drug-likeness (QED) is 0.480. The van der Waals surface area contributed by atoms with Gasteiger partial charge in [-0.05, 0) is 48.9 Å². The molecular weight excluding hydrogens is 420 g/mol. The van der Waals surface area contributed by atoms with E-state index in [0.717, 1.165) is 6.42 Å². The first-order chi connectivity index (χ1) is 15.6. The van der Waals surface area contributed by atoms with Gasteiger partial charge in [-0.1, -0.05) is 27.4 Å². The molecule has 0 spiro atoms. The van der Waals surface area contributed by atoms with Crippen LogP contribution in [0.5, 0.6) is 0 Å². The molecule has 1 saturated heterocycles. The Labute approximate surface area is 193 Å². The van der Waals surface area contributed by atoms with E-state index >= 15 is 0 Å². The second-order valence-electron chi connectivity index (χ2n) is 8.98. The van der Waals surface area contributed by atoms with Gasteiger partial charge < -0.3 is 26.6 Å². The molecule has 0 radical (unpaired) electrons. The number of nitrogens with one attached hydrogen (secondary N) is 3. The number of hydrogen-bond donors (Lipinski definition) is 4. The molecule has 0 aliphatic carbocycles. The topological polar surface area (TPSA) is 129 Å². The maximum Gasteiger partial charge on any atom is 0.252 e. The number of nitrogens with two attached hydrogens (primary N) is 1. The molecule has 1 atom stereocenters. The van der Waals surface area contributed by atoms with Gasteiger partial charge in [0, 0.05) is 35.9 Å². The van der Waals surface area contributed by atoms with Crippen LogP contribution in [0.2, 0.25) is 0 Å². The van der Waals surface area contributed by atoms with Crippen molar-refractivity contribution in [3.05, 3.63) is 54.6 Å². The van der Waals surface area contributed by atoms with Crippen LogP contribution in [0.25, 0.3) is 0 Å². The van der Waals surface area contributed by atoms with Crippen LogP contribution in [0.15, 0.2) is 49.1 Å². The first-order valence-corrected chi connectivity index (χ1v) is 10.7. The minimum atomic E-state index is -0.594. The van der Waals surface area contributed by atoms with Crippen molar-refractivity contribution < 1.29 is 14.4 Å². The number of primary amides is 1. The molecule has 1 unspecified atom stereocenters. The Hall–Kier alpha value is -3.88. The van der Waals surface area contributed by atoms with E-state index in [4.69, 9.17) is 5.73 Å². The van der Waals surface area contributed by atoms with Gasteiger partial charge in [0.05, 0.1) is 5.56 Å². The lowest BCUT2D eigenvalue weighted by Crippen LogP contribution is -2.36. The van der Waals surface area contributed by atoms with Crippen molar-refractivity contribution in [3.8, 4) is 0 Å². The second kappa shape index (κ2) is 9.72. The van der Waals surface area contributed by atoms with Gasteiger partial charge >= 0.3 is 0 Å². The van der Waals surface area contributed by atoms with Crippen molar-refractivity contribution in [1.29, 1.82) is 0 Å². The zero-order valence-electron chi connectivity index (χ0n) is 19.1. The molecule has 33 heavy (non-hydrogen) atoms. The Morgan fingerprint density at radius 1 is 1.12 bits per heavy atom. The summed E-state index contributed by atoms with van der Waals surface area (Å²) in [7, 11) is 0. The molecule has 1 fully saturated rings. The third kappa shape index (κ3) is 6.09. The van der Waals surface area contributed by atoms with Gasteiger partial charge in [-0.25, -0.2) is 4.98 Å². The lowest BCUT2D eigenvalue weighted by Gasteiger charge is -2.20. The normalized spacial score (nSPS) is 15.6. The van der Waals surface area contributed by atoms with Crippen LogP contribution in [-0.2, 0) is 9.59 Å². The van der Waals surface area contributed by atoms with Gasteiger partial charge in [-0.15, -0.1) is 0 Å². The van der Waals surface area contributed by atoms with Crippen molar-refractivity contribution >= 4 is 40.7 Å². The fourth-order valence-electron chi connectivity index (χ4n) is 3.36. The average molecular weight is 451 g/mol. The molecule has 5 N–H and O–H groups in total. The summed E-state index contributed by atoms with van der Waals surface area (Å²) in [5, 5.41) is 8.91. The van der Waals surface area contributed by atoms with Crippen LogP contribution >= 0.6 is 0 Å². The fourth-order valence-corrected chi connectivity index (χ4v) is 3.36. The molecule has 2 aromatic rings. The van der Waals surface area contributed by atoms with Crippen LogP contribution in [0.1, 0.15) is 37.6 Å². The van der Waals surface area contributed by atoms with E-state index in [1.54, 1.807) is 36.4 Å². The van der Waals surface area contributed by atoms with Crippen molar-refractivity contribution in [2.45, 2.75) is 33.2 Å². The highest BCUT2D eigenvalue weighted by Crippen LogP contribution is 2.26. The third-order valence-corrected chi connectivity index (χ3v) is 5.28. The summed E-state index contributed by atoms with van der Waals surface area (Å²) in [5.74, 6) is 0.130. The van der Waals surface area contributed by atoms with Crippen molar-refractivity contribution in [2.24, 2.45) is 11.1 Å². The Morgan fingerprint density at radius 2 is 1.79 bits per heavy atom. The van der Waals surface area contributed by atoms with Crippen molar-refractivity contribution in [3.63, 3.8) is 0 Å². The van der Waals surface area contributed by atoms with Gasteiger partial charge in [0.25, 0.3) is 5.91 Å². The minimum absolute atomic E-state index is 0.000351. The number of nitrogens with zero attached hydrogens (tertiary/aromatic N) is 2. The Balaban J connectivity index is 1.75. The number of aromatic nitrogens is 1. The predicted molar refractivity (Wildman–Crippen MR) is 130 cm³/mol. The molecule has 9 nitrogen and oxygen atoms in total. The first kappa shape index (κ1) is 23.8. The zero-order chi connectivity index (χ0) is 24.2. The second-order valence-corrected chi connectivity index (χ2v) is 8.98. The summed E-state index contributed by atoms with van der Waals surface area (Å²) in [6, 6.07) is 10.5. The molecule has 3 amide bonds. The fraction of sp³-hybridized carbons (Fsp3) is 0.333. The van der Waals surface area contributed by atoms with E-state index in [1.807, 2.05) is 25.7 Å². The highest BCUT2D eigenvalue weighted by atomic mass is 16.2. The van der Waals surface area contributed by atoms with Gasteiger partial charge in [-0.2, -0.15) is 0 Å². The molecular formula is C24H30N6O3. The lowest BCUT2D eigenvalue weighted by atomic mass is 9.95. The monoisotopic (exact) mass is 450 g/mol. The number of pyridine rings is 1. The molecule has 9 heteroatoms. The van der Waals surface area contributed by atoms with E-state index < -0.39 is 11.3 Å². The zero-order valence-corrected chi connectivity index (χ0v) is 19.1. The van der Waals surface area contributed by atoms with Gasteiger partial charge in [0.15, 0.2) is 0 Å². The van der Waals surface area contributed by atoms with Crippen molar-refractivity contribution in [1.82, 2.24) is 10.3 Å². The number of anilines is 4. The summed E-state index contributed by atoms with van der Waals surface area (Å²) in [5.41, 5.74) is 6.67. The number of rotatable bonds is 7. The van der Waals surface area contributed by atoms with Crippen LogP contribution in [0.3, 0.4) is 0 Å². The van der Waals surface area contributed by atoms with Gasteiger partial charge in [0.1, 0.15) is 11.6 Å². The molecule has 3 rings (SSSR count). The van der Waals surface area contributed by atoms with E-state index in [0.29, 0.717) is 36.1 Å². The molecule has 174 valence electrons. The number of carbonyl (C=O) groups is 3. The molecule has 1 aromatic carbocycles. The van der Waals surface area contributed by atoms with Gasteiger partial charge in [0.2, 0.25) is 11.8 Å². The maximum absolute atomic E-state index is 12.2. The summed E-state index contributed by atoms with van der Waals surface area (Å²) < 4.78 is 0.